The Morgan fingerprint density at radius 1 is 0.821 bits per heavy atom. The molecule has 28 heavy (non-hydrogen) atoms. The zero-order chi connectivity index (χ0) is 21.6. The number of hydrogen-bond acceptors (Lipinski definition) is 8. The lowest BCUT2D eigenvalue weighted by Gasteiger charge is -2.25. The summed E-state index contributed by atoms with van der Waals surface area (Å²) in [6.07, 6.45) is 0.0360. The van der Waals surface area contributed by atoms with Gasteiger partial charge < -0.3 is 19.1 Å². The highest BCUT2D eigenvalue weighted by Crippen LogP contribution is 2.26. The second-order valence-corrected chi connectivity index (χ2v) is 6.91. The van der Waals surface area contributed by atoms with Gasteiger partial charge in [-0.15, -0.1) is 0 Å². The number of amides is 3. The van der Waals surface area contributed by atoms with Gasteiger partial charge in [0.1, 0.15) is 6.04 Å². The van der Waals surface area contributed by atoms with Crippen LogP contribution in [0.4, 0.5) is 4.79 Å². The fourth-order valence-electron chi connectivity index (χ4n) is 3.05. The third-order valence-corrected chi connectivity index (χ3v) is 4.72. The summed E-state index contributed by atoms with van der Waals surface area (Å²) in [4.78, 5) is 63.2. The summed E-state index contributed by atoms with van der Waals surface area (Å²) in [5.41, 5.74) is 0. The Hall–Kier alpha value is -2.65. The van der Waals surface area contributed by atoms with Gasteiger partial charge in [-0.05, 0) is 6.42 Å². The van der Waals surface area contributed by atoms with E-state index in [0.29, 0.717) is 0 Å². The van der Waals surface area contributed by atoms with Gasteiger partial charge in [0.25, 0.3) is 5.91 Å². The van der Waals surface area contributed by atoms with Gasteiger partial charge >= 0.3 is 23.9 Å². The monoisotopic (exact) mass is 400 g/mol. The molecule has 4 atom stereocenters. The molecule has 1 rings (SSSR count). The second kappa shape index (κ2) is 10.0. The minimum Gasteiger partial charge on any atom is -0.469 e. The molecule has 0 radical (unpaired) electrons. The van der Waals surface area contributed by atoms with Gasteiger partial charge in [0.15, 0.2) is 0 Å². The minimum atomic E-state index is -0.946. The van der Waals surface area contributed by atoms with E-state index in [0.717, 1.165) is 4.90 Å². The van der Waals surface area contributed by atoms with Gasteiger partial charge in [-0.3, -0.25) is 24.1 Å². The number of carbonyl (C=O) groups excluding carboxylic acids is 5. The van der Waals surface area contributed by atoms with Crippen LogP contribution in [0, 0.1) is 17.8 Å². The molecule has 4 unspecified atom stereocenters. The molecular weight excluding hydrogens is 372 g/mol. The van der Waals surface area contributed by atoms with Crippen LogP contribution in [0.5, 0.6) is 0 Å². The summed E-state index contributed by atoms with van der Waals surface area (Å²) in [6, 6.07) is -1.57. The van der Waals surface area contributed by atoms with E-state index in [1.54, 1.807) is 13.8 Å². The van der Waals surface area contributed by atoms with Crippen LogP contribution in [0.25, 0.3) is 0 Å². The van der Waals surface area contributed by atoms with Crippen LogP contribution in [0.15, 0.2) is 0 Å². The summed E-state index contributed by atoms with van der Waals surface area (Å²) < 4.78 is 14.0. The van der Waals surface area contributed by atoms with Crippen LogP contribution in [-0.2, 0) is 33.4 Å². The number of esters is 3. The van der Waals surface area contributed by atoms with Crippen LogP contribution in [0.3, 0.4) is 0 Å². The quantitative estimate of drug-likeness (QED) is 0.311. The normalized spacial score (nSPS) is 19.9. The SMILES string of the molecule is COC(=O)C(C)CC1C(=O)N(CC(C)C(=O)OC)C(=O)N1CC(C)C(=O)OC. The largest absolute Gasteiger partial charge is 0.469 e. The number of methoxy groups -OCH3 is 3. The molecule has 0 bridgehead atoms. The molecule has 0 aromatic rings. The van der Waals surface area contributed by atoms with Crippen LogP contribution in [0.1, 0.15) is 27.2 Å². The molecule has 1 aliphatic heterocycles. The first-order chi connectivity index (χ1) is 13.1. The van der Waals surface area contributed by atoms with Crippen molar-refractivity contribution in [1.29, 1.82) is 0 Å². The van der Waals surface area contributed by atoms with E-state index in [9.17, 15) is 24.0 Å². The van der Waals surface area contributed by atoms with E-state index < -0.39 is 53.6 Å². The number of urea groups is 1. The van der Waals surface area contributed by atoms with Crippen molar-refractivity contribution in [2.45, 2.75) is 33.2 Å². The molecule has 3 amide bonds. The Bertz CT molecular complexity index is 593. The number of hydrogen-bond donors (Lipinski definition) is 0. The van der Waals surface area contributed by atoms with Gasteiger partial charge in [-0.2, -0.15) is 0 Å². The third kappa shape index (κ3) is 5.20. The van der Waals surface area contributed by atoms with E-state index in [2.05, 4.69) is 9.47 Å². The average Bonchev–Trinajstić information content (AvgIpc) is 2.90. The average molecular weight is 400 g/mol. The van der Waals surface area contributed by atoms with Gasteiger partial charge in [-0.1, -0.05) is 20.8 Å². The third-order valence-electron chi connectivity index (χ3n) is 4.72. The van der Waals surface area contributed by atoms with Crippen molar-refractivity contribution in [2.24, 2.45) is 17.8 Å². The van der Waals surface area contributed by atoms with Gasteiger partial charge in [0, 0.05) is 13.1 Å². The molecule has 0 aromatic heterocycles. The smallest absolute Gasteiger partial charge is 0.327 e. The molecule has 1 heterocycles. The summed E-state index contributed by atoms with van der Waals surface area (Å²) in [5, 5.41) is 0. The summed E-state index contributed by atoms with van der Waals surface area (Å²) in [5.74, 6) is -4.15. The van der Waals surface area contributed by atoms with Crippen molar-refractivity contribution in [3.8, 4) is 0 Å². The van der Waals surface area contributed by atoms with Gasteiger partial charge in [-0.25, -0.2) is 4.79 Å². The van der Waals surface area contributed by atoms with Gasteiger partial charge in [0.05, 0.1) is 39.1 Å². The maximum Gasteiger partial charge on any atom is 0.327 e. The predicted octanol–water partition coefficient (Wildman–Crippen LogP) is 0.437. The Labute approximate surface area is 164 Å². The molecule has 10 nitrogen and oxygen atoms in total. The van der Waals surface area contributed by atoms with E-state index in [-0.39, 0.29) is 19.5 Å². The van der Waals surface area contributed by atoms with E-state index in [1.165, 1.54) is 33.2 Å². The number of nitrogens with zero attached hydrogens (tertiary/aromatic N) is 2. The first-order valence-electron chi connectivity index (χ1n) is 8.94. The van der Waals surface area contributed by atoms with Crippen molar-refractivity contribution >= 4 is 29.8 Å². The highest BCUT2D eigenvalue weighted by atomic mass is 16.5. The van der Waals surface area contributed by atoms with Crippen LogP contribution >= 0.6 is 0 Å². The highest BCUT2D eigenvalue weighted by Gasteiger charge is 2.47. The van der Waals surface area contributed by atoms with Gasteiger partial charge in [0.2, 0.25) is 0 Å². The number of rotatable bonds is 9. The maximum absolute atomic E-state index is 12.9. The summed E-state index contributed by atoms with van der Waals surface area (Å²) >= 11 is 0. The first kappa shape index (κ1) is 23.4. The van der Waals surface area contributed by atoms with Crippen molar-refractivity contribution in [1.82, 2.24) is 9.80 Å². The molecule has 0 spiro atoms. The molecule has 0 aliphatic carbocycles. The molecule has 0 N–H and O–H groups in total. The molecule has 0 saturated carbocycles. The fourth-order valence-corrected chi connectivity index (χ4v) is 3.05. The molecule has 1 saturated heterocycles. The standard InChI is InChI=1S/C18H28N2O8/c1-10(15(22)26-4)7-13-14(21)20(9-12(3)17(24)28-6)18(25)19(13)8-11(2)16(23)27-5/h10-13H,7-9H2,1-6H3. The van der Waals surface area contributed by atoms with Crippen molar-refractivity contribution in [3.63, 3.8) is 0 Å². The molecular formula is C18H28N2O8. The fraction of sp³-hybridized carbons (Fsp3) is 0.722. The van der Waals surface area contributed by atoms with E-state index >= 15 is 0 Å². The van der Waals surface area contributed by atoms with Crippen LogP contribution in [0.2, 0.25) is 0 Å². The molecule has 10 heteroatoms. The first-order valence-corrected chi connectivity index (χ1v) is 8.94. The zero-order valence-corrected chi connectivity index (χ0v) is 17.1. The zero-order valence-electron chi connectivity index (χ0n) is 17.1. The van der Waals surface area contributed by atoms with Crippen LogP contribution in [-0.4, -0.2) is 80.1 Å². The topological polar surface area (TPSA) is 120 Å². The second-order valence-electron chi connectivity index (χ2n) is 6.91. The molecule has 158 valence electrons. The maximum atomic E-state index is 12.9. The number of carbonyl (C=O) groups is 5. The Morgan fingerprint density at radius 3 is 1.71 bits per heavy atom. The summed E-state index contributed by atoms with van der Waals surface area (Å²) in [7, 11) is 3.69. The summed E-state index contributed by atoms with van der Waals surface area (Å²) in [6.45, 7) is 4.49. The number of imide groups is 1. The molecule has 0 aromatic carbocycles. The molecule has 1 aliphatic rings. The lowest BCUT2D eigenvalue weighted by molar-refractivity contribution is -0.147. The lowest BCUT2D eigenvalue weighted by atomic mass is 10.00. The van der Waals surface area contributed by atoms with Crippen molar-refractivity contribution in [3.05, 3.63) is 0 Å². The predicted molar refractivity (Wildman–Crippen MR) is 95.8 cm³/mol. The van der Waals surface area contributed by atoms with E-state index in [1.807, 2.05) is 0 Å². The lowest BCUT2D eigenvalue weighted by Crippen LogP contribution is -2.42. The van der Waals surface area contributed by atoms with Crippen molar-refractivity contribution < 1.29 is 38.2 Å². The van der Waals surface area contributed by atoms with E-state index in [4.69, 9.17) is 4.74 Å². The highest BCUT2D eigenvalue weighted by molar-refractivity contribution is 6.04. The number of ether oxygens (including phenoxy) is 3. The molecule has 1 fully saturated rings. The Morgan fingerprint density at radius 2 is 1.25 bits per heavy atom. The Balaban J connectivity index is 3.09. The minimum absolute atomic E-state index is 0.0360. The Kier molecular flexibility index (Phi) is 8.39. The van der Waals surface area contributed by atoms with Crippen molar-refractivity contribution in [2.75, 3.05) is 34.4 Å². The van der Waals surface area contributed by atoms with Crippen LogP contribution < -0.4 is 0 Å².